The van der Waals surface area contributed by atoms with Gasteiger partial charge in [-0.3, -0.25) is 0 Å². The van der Waals surface area contributed by atoms with Crippen LogP contribution in [0.3, 0.4) is 0 Å². The average molecular weight is 286 g/mol. The Hall–Kier alpha value is -1.35. The van der Waals surface area contributed by atoms with Gasteiger partial charge in [-0.1, -0.05) is 6.58 Å². The van der Waals surface area contributed by atoms with Crippen LogP contribution in [0.4, 0.5) is 35.1 Å². The maximum atomic E-state index is 12.3. The SMILES string of the molecule is C=C(C(=O)OCCC(F)(F)C(F)(F)F)C(F)(F)F. The molecule has 0 heterocycles. The number of esters is 1. The first kappa shape index (κ1) is 16.6. The Kier molecular flexibility index (Phi) is 4.72. The molecule has 0 radical (unpaired) electrons. The lowest BCUT2D eigenvalue weighted by Crippen LogP contribution is -2.37. The fourth-order valence-corrected chi connectivity index (χ4v) is 0.616. The number of carbonyl (C=O) groups excluding carboxylic acids is 1. The molecule has 0 saturated heterocycles. The summed E-state index contributed by atoms with van der Waals surface area (Å²) in [4.78, 5) is 10.6. The molecule has 0 spiro atoms. The van der Waals surface area contributed by atoms with Crippen LogP contribution in [-0.4, -0.2) is 30.9 Å². The summed E-state index contributed by atoms with van der Waals surface area (Å²) in [5.74, 6) is -7.24. The summed E-state index contributed by atoms with van der Waals surface area (Å²) < 4.78 is 98.5. The van der Waals surface area contributed by atoms with Crippen molar-refractivity contribution < 1.29 is 44.7 Å². The molecule has 0 aromatic carbocycles. The monoisotopic (exact) mass is 286 g/mol. The summed E-state index contributed by atoms with van der Waals surface area (Å²) in [6.07, 6.45) is -13.0. The number of alkyl halides is 8. The molecule has 0 atom stereocenters. The highest BCUT2D eigenvalue weighted by Gasteiger charge is 2.57. The van der Waals surface area contributed by atoms with Crippen LogP contribution in [0.2, 0.25) is 0 Å². The second kappa shape index (κ2) is 5.11. The van der Waals surface area contributed by atoms with E-state index in [4.69, 9.17) is 0 Å². The zero-order valence-corrected chi connectivity index (χ0v) is 8.46. The van der Waals surface area contributed by atoms with E-state index in [2.05, 4.69) is 11.3 Å². The second-order valence-electron chi connectivity index (χ2n) is 3.06. The van der Waals surface area contributed by atoms with E-state index in [9.17, 15) is 39.9 Å². The van der Waals surface area contributed by atoms with Gasteiger partial charge in [-0.25, -0.2) is 4.79 Å². The Labute approximate surface area is 95.2 Å². The fraction of sp³-hybridized carbons (Fsp3) is 0.625. The van der Waals surface area contributed by atoms with Crippen LogP contribution in [-0.2, 0) is 9.53 Å². The maximum absolute atomic E-state index is 12.3. The lowest BCUT2D eigenvalue weighted by molar-refractivity contribution is -0.286. The van der Waals surface area contributed by atoms with E-state index in [1.54, 1.807) is 0 Å². The molecular formula is C8H6F8O2. The molecule has 0 N–H and O–H groups in total. The molecule has 0 aromatic rings. The van der Waals surface area contributed by atoms with E-state index in [0.29, 0.717) is 0 Å². The Morgan fingerprint density at radius 2 is 1.44 bits per heavy atom. The molecule has 0 fully saturated rings. The summed E-state index contributed by atoms with van der Waals surface area (Å²) in [7, 11) is 0. The quantitative estimate of drug-likeness (QED) is 0.450. The zero-order chi connectivity index (χ0) is 14.8. The van der Waals surface area contributed by atoms with Crippen molar-refractivity contribution in [1.29, 1.82) is 0 Å². The molecule has 0 bridgehead atoms. The van der Waals surface area contributed by atoms with Gasteiger partial charge in [0.05, 0.1) is 13.0 Å². The van der Waals surface area contributed by atoms with Gasteiger partial charge in [0, 0.05) is 0 Å². The molecule has 0 amide bonds. The third-order valence-electron chi connectivity index (χ3n) is 1.65. The molecule has 0 aliphatic rings. The van der Waals surface area contributed by atoms with Crippen molar-refractivity contribution in [2.45, 2.75) is 24.7 Å². The minimum Gasteiger partial charge on any atom is -0.462 e. The van der Waals surface area contributed by atoms with Crippen molar-refractivity contribution in [3.8, 4) is 0 Å². The minimum absolute atomic E-state index is 1.51. The van der Waals surface area contributed by atoms with Crippen LogP contribution in [0.15, 0.2) is 12.2 Å². The van der Waals surface area contributed by atoms with Gasteiger partial charge in [-0.2, -0.15) is 35.1 Å². The van der Waals surface area contributed by atoms with Crippen LogP contribution < -0.4 is 0 Å². The average Bonchev–Trinajstić information content (AvgIpc) is 2.12. The molecular weight excluding hydrogens is 280 g/mol. The summed E-state index contributed by atoms with van der Waals surface area (Å²) >= 11 is 0. The van der Waals surface area contributed by atoms with Crippen LogP contribution in [0, 0.1) is 0 Å². The van der Waals surface area contributed by atoms with Gasteiger partial charge in [0.25, 0.3) is 0 Å². The molecule has 10 heteroatoms. The molecule has 0 aromatic heterocycles. The maximum Gasteiger partial charge on any atom is 0.453 e. The number of carbonyl (C=O) groups is 1. The normalized spacial score (nSPS) is 13.3. The van der Waals surface area contributed by atoms with Crippen molar-refractivity contribution in [3.05, 3.63) is 12.2 Å². The van der Waals surface area contributed by atoms with Crippen molar-refractivity contribution in [2.24, 2.45) is 0 Å². The first-order valence-electron chi connectivity index (χ1n) is 4.17. The number of halogens is 8. The van der Waals surface area contributed by atoms with E-state index in [1.807, 2.05) is 0 Å². The molecule has 0 saturated carbocycles. The summed E-state index contributed by atoms with van der Waals surface area (Å²) in [6, 6.07) is 0. The first-order valence-corrected chi connectivity index (χ1v) is 4.17. The largest absolute Gasteiger partial charge is 0.462 e. The first-order chi connectivity index (χ1) is 7.79. The third-order valence-corrected chi connectivity index (χ3v) is 1.65. The highest BCUT2D eigenvalue weighted by molar-refractivity contribution is 5.89. The molecule has 18 heavy (non-hydrogen) atoms. The van der Waals surface area contributed by atoms with Gasteiger partial charge in [-0.15, -0.1) is 0 Å². The van der Waals surface area contributed by atoms with Crippen LogP contribution in [0.5, 0.6) is 0 Å². The number of ether oxygens (including phenoxy) is 1. The molecule has 0 rings (SSSR count). The minimum atomic E-state index is -5.86. The Balaban J connectivity index is 4.31. The van der Waals surface area contributed by atoms with E-state index in [-0.39, 0.29) is 0 Å². The predicted molar refractivity (Wildman–Crippen MR) is 41.8 cm³/mol. The summed E-state index contributed by atoms with van der Waals surface area (Å²) in [5.41, 5.74) is -1.99. The van der Waals surface area contributed by atoms with E-state index < -0.39 is 42.8 Å². The van der Waals surface area contributed by atoms with Crippen molar-refractivity contribution >= 4 is 5.97 Å². The molecule has 0 aliphatic carbocycles. The Morgan fingerprint density at radius 3 is 1.78 bits per heavy atom. The Morgan fingerprint density at radius 1 is 1.00 bits per heavy atom. The highest BCUT2D eigenvalue weighted by Crippen LogP contribution is 2.38. The number of hydrogen-bond acceptors (Lipinski definition) is 2. The van der Waals surface area contributed by atoms with E-state index >= 15 is 0 Å². The van der Waals surface area contributed by atoms with Crippen LogP contribution >= 0.6 is 0 Å². The molecule has 106 valence electrons. The topological polar surface area (TPSA) is 26.3 Å². The lowest BCUT2D eigenvalue weighted by atomic mass is 10.2. The van der Waals surface area contributed by atoms with Gasteiger partial charge < -0.3 is 4.74 Å². The van der Waals surface area contributed by atoms with Gasteiger partial charge in [-0.05, 0) is 0 Å². The molecule has 0 aliphatic heterocycles. The van der Waals surface area contributed by atoms with Gasteiger partial charge in [0.15, 0.2) is 0 Å². The van der Waals surface area contributed by atoms with Crippen molar-refractivity contribution in [2.75, 3.05) is 6.61 Å². The smallest absolute Gasteiger partial charge is 0.453 e. The van der Waals surface area contributed by atoms with Crippen LogP contribution in [0.1, 0.15) is 6.42 Å². The zero-order valence-electron chi connectivity index (χ0n) is 8.46. The standard InChI is InChI=1S/C8H6F8O2/c1-4(7(11,12)13)5(17)18-3-2-6(9,10)8(14,15)16/h1-3H2. The fourth-order valence-electron chi connectivity index (χ4n) is 0.616. The van der Waals surface area contributed by atoms with Crippen molar-refractivity contribution in [1.82, 2.24) is 0 Å². The van der Waals surface area contributed by atoms with E-state index in [0.717, 1.165) is 0 Å². The number of rotatable bonds is 4. The summed E-state index contributed by atoms with van der Waals surface area (Å²) in [6.45, 7) is 0.767. The summed E-state index contributed by atoms with van der Waals surface area (Å²) in [5, 5.41) is 0. The van der Waals surface area contributed by atoms with Gasteiger partial charge in [0.1, 0.15) is 5.57 Å². The third kappa shape index (κ3) is 4.49. The van der Waals surface area contributed by atoms with E-state index in [1.165, 1.54) is 0 Å². The second-order valence-corrected chi connectivity index (χ2v) is 3.06. The predicted octanol–water partition coefficient (Wildman–Crippen LogP) is 3.24. The van der Waals surface area contributed by atoms with Gasteiger partial charge in [0.2, 0.25) is 0 Å². The van der Waals surface area contributed by atoms with Crippen LogP contribution in [0.25, 0.3) is 0 Å². The number of hydrogen-bond donors (Lipinski definition) is 0. The lowest BCUT2D eigenvalue weighted by Gasteiger charge is -2.19. The van der Waals surface area contributed by atoms with Gasteiger partial charge >= 0.3 is 24.2 Å². The van der Waals surface area contributed by atoms with Crippen molar-refractivity contribution in [3.63, 3.8) is 0 Å². The molecule has 2 nitrogen and oxygen atoms in total. The Bertz CT molecular complexity index is 327. The highest BCUT2D eigenvalue weighted by atomic mass is 19.4. The molecule has 0 unspecified atom stereocenters.